The van der Waals surface area contributed by atoms with E-state index in [1.165, 1.54) is 57.8 Å². The van der Waals surface area contributed by atoms with Crippen molar-refractivity contribution in [2.24, 2.45) is 11.3 Å². The lowest BCUT2D eigenvalue weighted by atomic mass is 9.68. The number of carbonyl (C=O) groups excluding carboxylic acids is 1. The van der Waals surface area contributed by atoms with E-state index >= 15 is 0 Å². The third kappa shape index (κ3) is 2.96. The maximum atomic E-state index is 12.6. The number of nitrogens with zero attached hydrogens (tertiary/aromatic N) is 2. The smallest absolute Gasteiger partial charge is 0.320 e. The molecule has 20 heavy (non-hydrogen) atoms. The first-order chi connectivity index (χ1) is 9.69. The van der Waals surface area contributed by atoms with Crippen molar-refractivity contribution in [2.75, 3.05) is 26.2 Å². The van der Waals surface area contributed by atoms with Gasteiger partial charge in [-0.05, 0) is 49.9 Å². The fraction of sp³-hybridized carbons (Fsp3) is 0.941. The lowest BCUT2D eigenvalue weighted by Gasteiger charge is -2.45. The highest BCUT2D eigenvalue weighted by Crippen LogP contribution is 2.44. The average molecular weight is 278 g/mol. The highest BCUT2D eigenvalue weighted by atomic mass is 16.2. The zero-order chi connectivity index (χ0) is 14.0. The first kappa shape index (κ1) is 14.2. The molecule has 2 amide bonds. The molecule has 1 atom stereocenters. The molecule has 0 N–H and O–H groups in total. The molecule has 0 bridgehead atoms. The summed E-state index contributed by atoms with van der Waals surface area (Å²) in [6, 6.07) is 0.321. The number of piperidine rings is 2. The first-order valence-corrected chi connectivity index (χ1v) is 8.72. The van der Waals surface area contributed by atoms with Gasteiger partial charge < -0.3 is 9.80 Å². The van der Waals surface area contributed by atoms with Crippen molar-refractivity contribution in [3.63, 3.8) is 0 Å². The topological polar surface area (TPSA) is 23.6 Å². The Morgan fingerprint density at radius 3 is 2.25 bits per heavy atom. The summed E-state index contributed by atoms with van der Waals surface area (Å²) >= 11 is 0. The van der Waals surface area contributed by atoms with Gasteiger partial charge in [0.05, 0.1) is 0 Å². The predicted octanol–water partition coefficient (Wildman–Crippen LogP) is 3.88. The maximum Gasteiger partial charge on any atom is 0.320 e. The Kier molecular flexibility index (Phi) is 4.23. The number of hydrogen-bond acceptors (Lipinski definition) is 1. The monoisotopic (exact) mass is 278 g/mol. The molecule has 1 aliphatic carbocycles. The van der Waals surface area contributed by atoms with Gasteiger partial charge in [-0.1, -0.05) is 26.2 Å². The van der Waals surface area contributed by atoms with Gasteiger partial charge in [0, 0.05) is 26.2 Å². The Balaban J connectivity index is 1.53. The molecule has 0 aromatic rings. The van der Waals surface area contributed by atoms with Crippen molar-refractivity contribution in [2.45, 2.75) is 64.7 Å². The molecule has 0 radical (unpaired) electrons. The molecule has 0 aromatic carbocycles. The summed E-state index contributed by atoms with van der Waals surface area (Å²) in [7, 11) is 0. The summed E-state index contributed by atoms with van der Waals surface area (Å²) in [6.07, 6.45) is 12.1. The quantitative estimate of drug-likeness (QED) is 0.659. The van der Waals surface area contributed by atoms with Gasteiger partial charge in [0.15, 0.2) is 0 Å². The first-order valence-electron chi connectivity index (χ1n) is 8.72. The fourth-order valence-corrected chi connectivity index (χ4v) is 4.54. The van der Waals surface area contributed by atoms with Crippen molar-refractivity contribution < 1.29 is 4.79 Å². The van der Waals surface area contributed by atoms with Gasteiger partial charge in [-0.25, -0.2) is 4.79 Å². The zero-order valence-corrected chi connectivity index (χ0v) is 13.1. The van der Waals surface area contributed by atoms with Crippen LogP contribution in [0.2, 0.25) is 0 Å². The Morgan fingerprint density at radius 2 is 1.60 bits per heavy atom. The van der Waals surface area contributed by atoms with Crippen LogP contribution in [0.15, 0.2) is 0 Å². The van der Waals surface area contributed by atoms with Crippen LogP contribution in [0.4, 0.5) is 4.79 Å². The Bertz CT molecular complexity index is 339. The van der Waals surface area contributed by atoms with Gasteiger partial charge in [-0.3, -0.25) is 0 Å². The fourth-order valence-electron chi connectivity index (χ4n) is 4.54. The van der Waals surface area contributed by atoms with Crippen molar-refractivity contribution in [3.05, 3.63) is 0 Å². The molecule has 1 unspecified atom stereocenters. The lowest BCUT2D eigenvalue weighted by molar-refractivity contribution is 0.0638. The Morgan fingerprint density at radius 1 is 0.900 bits per heavy atom. The van der Waals surface area contributed by atoms with Gasteiger partial charge in [-0.15, -0.1) is 0 Å². The van der Waals surface area contributed by atoms with E-state index in [0.717, 1.165) is 26.2 Å². The van der Waals surface area contributed by atoms with Crippen LogP contribution in [0.1, 0.15) is 64.7 Å². The highest BCUT2D eigenvalue weighted by molar-refractivity contribution is 5.74. The average Bonchev–Trinajstić information content (AvgIpc) is 2.48. The predicted molar refractivity (Wildman–Crippen MR) is 81.7 cm³/mol. The molecular weight excluding hydrogens is 248 g/mol. The lowest BCUT2D eigenvalue weighted by Crippen LogP contribution is -2.51. The van der Waals surface area contributed by atoms with Crippen LogP contribution >= 0.6 is 0 Å². The molecule has 2 saturated heterocycles. The third-order valence-electron chi connectivity index (χ3n) is 5.94. The van der Waals surface area contributed by atoms with Crippen LogP contribution in [-0.2, 0) is 0 Å². The number of amides is 2. The number of rotatable bonds is 0. The molecule has 3 fully saturated rings. The number of likely N-dealkylation sites (tertiary alicyclic amines) is 2. The molecule has 3 heteroatoms. The minimum atomic E-state index is 0.321. The van der Waals surface area contributed by atoms with E-state index in [1.54, 1.807) is 0 Å². The number of hydrogen-bond donors (Lipinski definition) is 0. The van der Waals surface area contributed by atoms with E-state index < -0.39 is 0 Å². The molecule has 2 aliphatic heterocycles. The van der Waals surface area contributed by atoms with E-state index in [0.29, 0.717) is 17.4 Å². The van der Waals surface area contributed by atoms with Crippen LogP contribution in [0.3, 0.4) is 0 Å². The molecule has 3 nitrogen and oxygen atoms in total. The van der Waals surface area contributed by atoms with Crippen LogP contribution in [-0.4, -0.2) is 42.0 Å². The van der Waals surface area contributed by atoms with Crippen molar-refractivity contribution in [1.29, 1.82) is 0 Å². The molecule has 2 heterocycles. The second-order valence-electron chi connectivity index (χ2n) is 7.52. The van der Waals surface area contributed by atoms with Crippen molar-refractivity contribution in [1.82, 2.24) is 9.80 Å². The SMILES string of the molecule is CC1CCCN(C(=O)N2CCC3(CCCCC3)CC2)C1. The largest absolute Gasteiger partial charge is 0.325 e. The summed E-state index contributed by atoms with van der Waals surface area (Å²) < 4.78 is 0. The Labute approximate surface area is 123 Å². The summed E-state index contributed by atoms with van der Waals surface area (Å²) in [5, 5.41) is 0. The second kappa shape index (κ2) is 5.95. The van der Waals surface area contributed by atoms with Crippen molar-refractivity contribution in [3.8, 4) is 0 Å². The minimum Gasteiger partial charge on any atom is -0.325 e. The molecule has 3 rings (SSSR count). The van der Waals surface area contributed by atoms with Crippen LogP contribution in [0.25, 0.3) is 0 Å². The standard InChI is InChI=1S/C17H30N2O/c1-15-6-5-11-19(14-15)16(20)18-12-9-17(10-13-18)7-3-2-4-8-17/h15H,2-14H2,1H3. The van der Waals surface area contributed by atoms with Crippen LogP contribution in [0, 0.1) is 11.3 Å². The third-order valence-corrected chi connectivity index (χ3v) is 5.94. The van der Waals surface area contributed by atoms with Gasteiger partial charge >= 0.3 is 6.03 Å². The Hall–Kier alpha value is -0.730. The highest BCUT2D eigenvalue weighted by Gasteiger charge is 2.37. The summed E-state index contributed by atoms with van der Waals surface area (Å²) in [6.45, 7) is 6.23. The van der Waals surface area contributed by atoms with Crippen LogP contribution < -0.4 is 0 Å². The molecule has 0 aromatic heterocycles. The summed E-state index contributed by atoms with van der Waals surface area (Å²) in [5.74, 6) is 0.683. The van der Waals surface area contributed by atoms with E-state index in [1.807, 2.05) is 0 Å². The maximum absolute atomic E-state index is 12.6. The molecule has 114 valence electrons. The molecule has 1 saturated carbocycles. The minimum absolute atomic E-state index is 0.321. The number of carbonyl (C=O) groups is 1. The van der Waals surface area contributed by atoms with Crippen molar-refractivity contribution >= 4 is 6.03 Å². The van der Waals surface area contributed by atoms with Crippen LogP contribution in [0.5, 0.6) is 0 Å². The zero-order valence-electron chi connectivity index (χ0n) is 13.1. The molecular formula is C17H30N2O. The van der Waals surface area contributed by atoms with E-state index in [9.17, 15) is 4.79 Å². The summed E-state index contributed by atoms with van der Waals surface area (Å²) in [4.78, 5) is 16.9. The summed E-state index contributed by atoms with van der Waals surface area (Å²) in [5.41, 5.74) is 0.601. The van der Waals surface area contributed by atoms with E-state index in [4.69, 9.17) is 0 Å². The van der Waals surface area contributed by atoms with E-state index in [2.05, 4.69) is 16.7 Å². The van der Waals surface area contributed by atoms with E-state index in [-0.39, 0.29) is 0 Å². The number of urea groups is 1. The normalized spacial score (nSPS) is 30.6. The second-order valence-corrected chi connectivity index (χ2v) is 7.52. The van der Waals surface area contributed by atoms with Gasteiger partial charge in [0.25, 0.3) is 0 Å². The van der Waals surface area contributed by atoms with Gasteiger partial charge in [0.1, 0.15) is 0 Å². The molecule has 1 spiro atoms. The van der Waals surface area contributed by atoms with Gasteiger partial charge in [-0.2, -0.15) is 0 Å². The molecule has 3 aliphatic rings. The van der Waals surface area contributed by atoms with Gasteiger partial charge in [0.2, 0.25) is 0 Å².